The zero-order valence-electron chi connectivity index (χ0n) is 16.1. The predicted octanol–water partition coefficient (Wildman–Crippen LogP) is 6.52. The van der Waals surface area contributed by atoms with E-state index in [-0.39, 0.29) is 23.9 Å². The molecule has 0 bridgehead atoms. The Kier molecular flexibility index (Phi) is 5.73. The molecule has 3 aromatic rings. The van der Waals surface area contributed by atoms with E-state index in [0.717, 1.165) is 22.8 Å². The molecular formula is C23H22F3NO2. The number of anilines is 1. The molecule has 0 heterocycles. The van der Waals surface area contributed by atoms with Gasteiger partial charge in [0.2, 0.25) is 0 Å². The summed E-state index contributed by atoms with van der Waals surface area (Å²) < 4.78 is 39.0. The van der Waals surface area contributed by atoms with Crippen molar-refractivity contribution in [1.82, 2.24) is 0 Å². The van der Waals surface area contributed by atoms with Crippen molar-refractivity contribution in [3.8, 4) is 22.6 Å². The first-order valence-electron chi connectivity index (χ1n) is 9.22. The van der Waals surface area contributed by atoms with Crippen LogP contribution in [0.15, 0.2) is 60.7 Å². The predicted molar refractivity (Wildman–Crippen MR) is 108 cm³/mol. The first kappa shape index (κ1) is 20.6. The molecule has 0 unspecified atom stereocenters. The van der Waals surface area contributed by atoms with E-state index in [0.29, 0.717) is 11.6 Å². The highest BCUT2D eigenvalue weighted by atomic mass is 19.4. The van der Waals surface area contributed by atoms with E-state index in [9.17, 15) is 23.4 Å². The van der Waals surface area contributed by atoms with E-state index in [4.69, 9.17) is 0 Å². The van der Waals surface area contributed by atoms with E-state index in [1.165, 1.54) is 6.07 Å². The van der Waals surface area contributed by atoms with Gasteiger partial charge < -0.3 is 15.5 Å². The third-order valence-corrected chi connectivity index (χ3v) is 4.71. The Morgan fingerprint density at radius 2 is 1.66 bits per heavy atom. The quantitative estimate of drug-likeness (QED) is 0.456. The summed E-state index contributed by atoms with van der Waals surface area (Å²) in [5, 5.41) is 23.0. The van der Waals surface area contributed by atoms with Gasteiger partial charge in [-0.2, -0.15) is 13.2 Å². The molecule has 3 nitrogen and oxygen atoms in total. The number of para-hydroxylation sites is 1. The molecule has 0 amide bonds. The Morgan fingerprint density at radius 1 is 0.931 bits per heavy atom. The summed E-state index contributed by atoms with van der Waals surface area (Å²) in [6, 6.07) is 15.6. The molecule has 152 valence electrons. The number of aromatic hydroxyl groups is 2. The second-order valence-corrected chi connectivity index (χ2v) is 7.17. The molecule has 0 aromatic heterocycles. The topological polar surface area (TPSA) is 52.5 Å². The van der Waals surface area contributed by atoms with Gasteiger partial charge in [0.15, 0.2) is 0 Å². The van der Waals surface area contributed by atoms with Crippen LogP contribution in [0.4, 0.5) is 18.9 Å². The molecule has 0 saturated carbocycles. The fourth-order valence-corrected chi connectivity index (χ4v) is 3.34. The van der Waals surface area contributed by atoms with Crippen molar-refractivity contribution in [3.63, 3.8) is 0 Å². The normalized spacial score (nSPS) is 11.7. The SMILES string of the molecule is CC(C)c1cccc(CNc2cc(O)cc(C(F)(F)F)c2)c1-c1ccccc1O. The lowest BCUT2D eigenvalue weighted by molar-refractivity contribution is -0.137. The van der Waals surface area contributed by atoms with Gasteiger partial charge in [-0.25, -0.2) is 0 Å². The minimum Gasteiger partial charge on any atom is -0.508 e. The van der Waals surface area contributed by atoms with Gasteiger partial charge in [0.05, 0.1) is 5.56 Å². The number of hydrogen-bond acceptors (Lipinski definition) is 3. The number of nitrogens with one attached hydrogen (secondary N) is 1. The summed E-state index contributed by atoms with van der Waals surface area (Å²) >= 11 is 0. The van der Waals surface area contributed by atoms with Crippen molar-refractivity contribution in [2.75, 3.05) is 5.32 Å². The lowest BCUT2D eigenvalue weighted by atomic mass is 9.88. The van der Waals surface area contributed by atoms with Crippen molar-refractivity contribution in [2.24, 2.45) is 0 Å². The Balaban J connectivity index is 2.00. The highest BCUT2D eigenvalue weighted by Gasteiger charge is 2.31. The molecule has 0 aliphatic rings. The molecule has 0 aliphatic heterocycles. The Hall–Kier alpha value is -3.15. The maximum absolute atomic E-state index is 13.0. The van der Waals surface area contributed by atoms with Crippen LogP contribution in [0.2, 0.25) is 0 Å². The summed E-state index contributed by atoms with van der Waals surface area (Å²) in [6.45, 7) is 4.31. The fourth-order valence-electron chi connectivity index (χ4n) is 3.34. The van der Waals surface area contributed by atoms with Crippen molar-refractivity contribution in [1.29, 1.82) is 0 Å². The first-order valence-corrected chi connectivity index (χ1v) is 9.22. The summed E-state index contributed by atoms with van der Waals surface area (Å²) in [6.07, 6.45) is -4.55. The zero-order valence-corrected chi connectivity index (χ0v) is 16.1. The Morgan fingerprint density at radius 3 is 2.31 bits per heavy atom. The third-order valence-electron chi connectivity index (χ3n) is 4.71. The van der Waals surface area contributed by atoms with E-state index in [2.05, 4.69) is 5.32 Å². The van der Waals surface area contributed by atoms with Crippen LogP contribution in [-0.4, -0.2) is 10.2 Å². The highest BCUT2D eigenvalue weighted by molar-refractivity contribution is 5.77. The van der Waals surface area contributed by atoms with Gasteiger partial charge in [-0.1, -0.05) is 50.2 Å². The maximum Gasteiger partial charge on any atom is 0.416 e. The zero-order chi connectivity index (χ0) is 21.2. The number of phenolic OH excluding ortho intramolecular Hbond substituents is 2. The molecule has 6 heteroatoms. The van der Waals surface area contributed by atoms with E-state index < -0.39 is 17.5 Å². The molecule has 0 aliphatic carbocycles. The van der Waals surface area contributed by atoms with Crippen LogP contribution in [-0.2, 0) is 12.7 Å². The Labute approximate surface area is 167 Å². The molecular weight excluding hydrogens is 379 g/mol. The first-order chi connectivity index (χ1) is 13.7. The van der Waals surface area contributed by atoms with E-state index in [1.54, 1.807) is 12.1 Å². The van der Waals surface area contributed by atoms with Crippen molar-refractivity contribution >= 4 is 5.69 Å². The molecule has 0 spiro atoms. The molecule has 0 saturated heterocycles. The number of halogens is 3. The average molecular weight is 401 g/mol. The second-order valence-electron chi connectivity index (χ2n) is 7.17. The van der Waals surface area contributed by atoms with Crippen LogP contribution in [0.5, 0.6) is 11.5 Å². The fraction of sp³-hybridized carbons (Fsp3) is 0.217. The van der Waals surface area contributed by atoms with E-state index in [1.807, 2.05) is 44.2 Å². The van der Waals surface area contributed by atoms with Crippen molar-refractivity contribution in [2.45, 2.75) is 32.5 Å². The van der Waals surface area contributed by atoms with Gasteiger partial charge in [-0.3, -0.25) is 0 Å². The average Bonchev–Trinajstić information content (AvgIpc) is 2.65. The van der Waals surface area contributed by atoms with Gasteiger partial charge in [-0.15, -0.1) is 0 Å². The molecule has 0 fully saturated rings. The minimum atomic E-state index is -4.55. The lowest BCUT2D eigenvalue weighted by Gasteiger charge is -2.19. The Bertz CT molecular complexity index is 1010. The maximum atomic E-state index is 13.0. The van der Waals surface area contributed by atoms with Crippen LogP contribution in [0.3, 0.4) is 0 Å². The minimum absolute atomic E-state index is 0.138. The largest absolute Gasteiger partial charge is 0.508 e. The number of alkyl halides is 3. The monoisotopic (exact) mass is 401 g/mol. The number of rotatable bonds is 5. The molecule has 3 N–H and O–H groups in total. The lowest BCUT2D eigenvalue weighted by Crippen LogP contribution is -2.08. The number of phenols is 2. The van der Waals surface area contributed by atoms with Gasteiger partial charge >= 0.3 is 6.18 Å². The standard InChI is InChI=1S/C23H22F3NO2/c1-14(2)19-8-5-6-15(22(19)20-7-3-4-9-21(20)29)13-27-17-10-16(23(24,25)26)11-18(28)12-17/h3-12,14,27-29H,13H2,1-2H3. The molecule has 0 radical (unpaired) electrons. The molecule has 29 heavy (non-hydrogen) atoms. The smallest absolute Gasteiger partial charge is 0.416 e. The molecule has 0 atom stereocenters. The third kappa shape index (κ3) is 4.65. The van der Waals surface area contributed by atoms with Crippen LogP contribution in [0.1, 0.15) is 36.5 Å². The van der Waals surface area contributed by atoms with Crippen LogP contribution in [0, 0.1) is 0 Å². The van der Waals surface area contributed by atoms with Crippen LogP contribution < -0.4 is 5.32 Å². The van der Waals surface area contributed by atoms with E-state index >= 15 is 0 Å². The van der Waals surface area contributed by atoms with Gasteiger partial charge in [-0.05, 0) is 40.8 Å². The second kappa shape index (κ2) is 8.07. The number of benzene rings is 3. The van der Waals surface area contributed by atoms with Crippen LogP contribution in [0.25, 0.3) is 11.1 Å². The van der Waals surface area contributed by atoms with Crippen LogP contribution >= 0.6 is 0 Å². The van der Waals surface area contributed by atoms with Gasteiger partial charge in [0.25, 0.3) is 0 Å². The van der Waals surface area contributed by atoms with Crippen molar-refractivity contribution in [3.05, 3.63) is 77.4 Å². The van der Waals surface area contributed by atoms with Gasteiger partial charge in [0.1, 0.15) is 11.5 Å². The van der Waals surface area contributed by atoms with Crippen molar-refractivity contribution < 1.29 is 23.4 Å². The highest BCUT2D eigenvalue weighted by Crippen LogP contribution is 2.38. The summed E-state index contributed by atoms with van der Waals surface area (Å²) in [4.78, 5) is 0. The summed E-state index contributed by atoms with van der Waals surface area (Å²) in [5.74, 6) is -0.139. The molecule has 3 rings (SSSR count). The summed E-state index contributed by atoms with van der Waals surface area (Å²) in [5.41, 5.74) is 2.62. The van der Waals surface area contributed by atoms with Gasteiger partial charge in [0, 0.05) is 23.9 Å². The number of hydrogen-bond donors (Lipinski definition) is 3. The molecule has 3 aromatic carbocycles. The summed E-state index contributed by atoms with van der Waals surface area (Å²) in [7, 11) is 0.